The van der Waals surface area contributed by atoms with Crippen molar-refractivity contribution in [3.8, 4) is 0 Å². The van der Waals surface area contributed by atoms with E-state index in [0.29, 0.717) is 12.1 Å². The summed E-state index contributed by atoms with van der Waals surface area (Å²) in [4.78, 5) is 55.4. The summed E-state index contributed by atoms with van der Waals surface area (Å²) in [5.41, 5.74) is 7.72. The van der Waals surface area contributed by atoms with Gasteiger partial charge in [0.05, 0.1) is 0 Å². The molecule has 2 atom stereocenters. The van der Waals surface area contributed by atoms with Crippen molar-refractivity contribution in [3.05, 3.63) is 77.4 Å². The van der Waals surface area contributed by atoms with E-state index in [1.807, 2.05) is 74.5 Å². The Morgan fingerprint density at radius 2 is 1.49 bits per heavy atom. The van der Waals surface area contributed by atoms with Crippen LogP contribution in [0.5, 0.6) is 0 Å². The Labute approximate surface area is 279 Å². The van der Waals surface area contributed by atoms with E-state index in [-0.39, 0.29) is 25.3 Å². The van der Waals surface area contributed by atoms with Crippen molar-refractivity contribution in [1.82, 2.24) is 10.2 Å². The Morgan fingerprint density at radius 1 is 0.851 bits per heavy atom. The number of amides is 4. The molecule has 0 radical (unpaired) electrons. The van der Waals surface area contributed by atoms with Gasteiger partial charge < -0.3 is 26.0 Å². The zero-order valence-corrected chi connectivity index (χ0v) is 28.9. The van der Waals surface area contributed by atoms with Crippen LogP contribution in [0, 0.1) is 13.8 Å². The smallest absolute Gasteiger partial charge is 0.408 e. The number of nitrogens with two attached hydrogens (primary N) is 1. The lowest BCUT2D eigenvalue weighted by atomic mass is 9.93. The summed E-state index contributed by atoms with van der Waals surface area (Å²) in [7, 11) is 0. The van der Waals surface area contributed by atoms with Gasteiger partial charge in [-0.15, -0.1) is 0 Å². The molecule has 9 heteroatoms. The number of fused-ring (bicyclic) bond motifs is 1. The highest BCUT2D eigenvalue weighted by Gasteiger charge is 2.37. The average molecular weight is 645 g/mol. The molecule has 3 aromatic carbocycles. The number of carbonyl (C=O) groups is 4. The van der Waals surface area contributed by atoms with E-state index in [4.69, 9.17) is 10.5 Å². The van der Waals surface area contributed by atoms with Crippen molar-refractivity contribution in [3.63, 3.8) is 0 Å². The third-order valence-electron chi connectivity index (χ3n) is 8.10. The first kappa shape index (κ1) is 37.1. The summed E-state index contributed by atoms with van der Waals surface area (Å²) in [6, 6.07) is 17.2. The number of carbonyl (C=O) groups excluding carboxylic acids is 4. The van der Waals surface area contributed by atoms with Crippen molar-refractivity contribution in [2.24, 2.45) is 5.73 Å². The van der Waals surface area contributed by atoms with Gasteiger partial charge in [0, 0.05) is 18.7 Å². The van der Waals surface area contributed by atoms with Crippen LogP contribution in [-0.4, -0.2) is 46.9 Å². The van der Waals surface area contributed by atoms with Gasteiger partial charge in [0.25, 0.3) is 5.91 Å². The fourth-order valence-corrected chi connectivity index (χ4v) is 5.79. The maximum Gasteiger partial charge on any atom is 0.408 e. The molecule has 0 fully saturated rings. The number of nitrogens with zero attached hydrogens (tertiary/aromatic N) is 1. The predicted octanol–water partition coefficient (Wildman–Crippen LogP) is 7.48. The maximum atomic E-state index is 14.6. The quantitative estimate of drug-likeness (QED) is 0.139. The topological polar surface area (TPSA) is 131 Å². The van der Waals surface area contributed by atoms with Gasteiger partial charge in [0.1, 0.15) is 17.7 Å². The minimum absolute atomic E-state index is 0.0355. The molecule has 0 saturated carbocycles. The molecule has 4 N–H and O–H groups in total. The van der Waals surface area contributed by atoms with Crippen LogP contribution in [0.3, 0.4) is 0 Å². The van der Waals surface area contributed by atoms with Gasteiger partial charge in [-0.25, -0.2) is 4.79 Å². The second-order valence-corrected chi connectivity index (χ2v) is 13.3. The molecule has 4 amide bonds. The maximum absolute atomic E-state index is 14.6. The van der Waals surface area contributed by atoms with Crippen LogP contribution in [0.15, 0.2) is 60.7 Å². The predicted molar refractivity (Wildman–Crippen MR) is 188 cm³/mol. The molecule has 0 saturated heterocycles. The number of nitrogens with one attached hydrogen (secondary N) is 2. The molecule has 0 aliphatic heterocycles. The van der Waals surface area contributed by atoms with E-state index in [0.717, 1.165) is 59.6 Å². The summed E-state index contributed by atoms with van der Waals surface area (Å²) in [5.74, 6) is -1.45. The van der Waals surface area contributed by atoms with Crippen molar-refractivity contribution < 1.29 is 23.9 Å². The molecule has 0 bridgehead atoms. The number of anilines is 1. The number of unbranched alkanes of at least 4 members (excludes halogenated alkanes) is 5. The van der Waals surface area contributed by atoms with Gasteiger partial charge in [-0.2, -0.15) is 0 Å². The number of primary amides is 1. The summed E-state index contributed by atoms with van der Waals surface area (Å²) in [6.07, 6.45) is 4.94. The number of rotatable bonds is 16. The van der Waals surface area contributed by atoms with Gasteiger partial charge >= 0.3 is 6.09 Å². The molecule has 254 valence electrons. The van der Waals surface area contributed by atoms with Crippen LogP contribution in [-0.2, 0) is 19.1 Å². The zero-order chi connectivity index (χ0) is 34.6. The lowest BCUT2D eigenvalue weighted by molar-refractivity contribution is -0.141. The van der Waals surface area contributed by atoms with Gasteiger partial charge in [-0.1, -0.05) is 87.6 Å². The van der Waals surface area contributed by atoms with Crippen molar-refractivity contribution in [2.75, 3.05) is 11.9 Å². The lowest BCUT2D eigenvalue weighted by Crippen LogP contribution is -2.53. The lowest BCUT2D eigenvalue weighted by Gasteiger charge is -2.36. The molecule has 0 aliphatic rings. The van der Waals surface area contributed by atoms with E-state index in [2.05, 4.69) is 17.6 Å². The van der Waals surface area contributed by atoms with Crippen LogP contribution in [0.25, 0.3) is 10.8 Å². The first-order valence-electron chi connectivity index (χ1n) is 16.7. The number of aryl methyl sites for hydroxylation is 2. The van der Waals surface area contributed by atoms with Gasteiger partial charge in [-0.05, 0) is 87.1 Å². The number of alkyl carbamates (subject to hydrolysis) is 1. The SMILES string of the molecule is CCCCCCCCN(C(=O)C(CCC(N)=O)NC(=O)OC(C)(C)C)C(C(=O)Nc1ccc2ccccc2c1)c1c(C)cccc1C. The molecule has 0 aromatic heterocycles. The molecular weight excluding hydrogens is 592 g/mol. The minimum Gasteiger partial charge on any atom is -0.444 e. The summed E-state index contributed by atoms with van der Waals surface area (Å²) in [5, 5.41) is 7.78. The second-order valence-electron chi connectivity index (χ2n) is 13.3. The third-order valence-corrected chi connectivity index (χ3v) is 8.10. The van der Waals surface area contributed by atoms with Gasteiger partial charge in [0.15, 0.2) is 0 Å². The molecule has 9 nitrogen and oxygen atoms in total. The molecule has 47 heavy (non-hydrogen) atoms. The highest BCUT2D eigenvalue weighted by molar-refractivity contribution is 6.01. The highest BCUT2D eigenvalue weighted by Crippen LogP contribution is 2.31. The summed E-state index contributed by atoms with van der Waals surface area (Å²) < 4.78 is 5.47. The Balaban J connectivity index is 2.07. The van der Waals surface area contributed by atoms with Crippen LogP contribution >= 0.6 is 0 Å². The van der Waals surface area contributed by atoms with Crippen molar-refractivity contribution >= 4 is 40.3 Å². The van der Waals surface area contributed by atoms with E-state index in [1.54, 1.807) is 25.7 Å². The van der Waals surface area contributed by atoms with E-state index in [9.17, 15) is 19.2 Å². The first-order chi connectivity index (χ1) is 22.3. The average Bonchev–Trinajstić information content (AvgIpc) is 3.00. The normalized spacial score (nSPS) is 12.6. The largest absolute Gasteiger partial charge is 0.444 e. The van der Waals surface area contributed by atoms with Gasteiger partial charge in [-0.3, -0.25) is 14.4 Å². The second kappa shape index (κ2) is 17.5. The van der Waals surface area contributed by atoms with Crippen molar-refractivity contribution in [1.29, 1.82) is 0 Å². The summed E-state index contributed by atoms with van der Waals surface area (Å²) >= 11 is 0. The van der Waals surface area contributed by atoms with E-state index < -0.39 is 35.6 Å². The number of ether oxygens (including phenoxy) is 1. The number of hydrogen-bond donors (Lipinski definition) is 3. The Bertz CT molecular complexity index is 1510. The molecule has 2 unspecified atom stereocenters. The van der Waals surface area contributed by atoms with E-state index >= 15 is 0 Å². The molecule has 0 heterocycles. The van der Waals surface area contributed by atoms with Gasteiger partial charge in [0.2, 0.25) is 11.8 Å². The van der Waals surface area contributed by atoms with Crippen LogP contribution in [0.4, 0.5) is 10.5 Å². The monoisotopic (exact) mass is 644 g/mol. The number of hydrogen-bond acceptors (Lipinski definition) is 5. The Morgan fingerprint density at radius 3 is 2.13 bits per heavy atom. The standard InChI is InChI=1S/C38H52N4O5/c1-7-8-9-10-11-14-24-42(36(45)31(22-23-32(39)43)41-37(46)47-38(4,5)6)34(33-26(2)16-15-17-27(33)3)35(44)40-30-21-20-28-18-12-13-19-29(28)25-30/h12-13,15-21,25,31,34H,7-11,14,22-24H2,1-6H3,(H2,39,43)(H,40,44)(H,41,46). The van der Waals surface area contributed by atoms with Crippen LogP contribution in [0.2, 0.25) is 0 Å². The van der Waals surface area contributed by atoms with Crippen LogP contribution in [0.1, 0.15) is 102 Å². The first-order valence-corrected chi connectivity index (χ1v) is 16.7. The zero-order valence-electron chi connectivity index (χ0n) is 28.9. The highest BCUT2D eigenvalue weighted by atomic mass is 16.6. The van der Waals surface area contributed by atoms with Crippen LogP contribution < -0.4 is 16.4 Å². The number of benzene rings is 3. The minimum atomic E-state index is -1.14. The Kier molecular flexibility index (Phi) is 13.8. The third kappa shape index (κ3) is 11.4. The fraction of sp³-hybridized carbons (Fsp3) is 0.474. The molecular formula is C38H52N4O5. The summed E-state index contributed by atoms with van der Waals surface area (Å²) in [6.45, 7) is 11.5. The molecule has 0 aliphatic carbocycles. The van der Waals surface area contributed by atoms with E-state index in [1.165, 1.54) is 0 Å². The molecule has 3 rings (SSSR count). The molecule has 3 aromatic rings. The Hall–Kier alpha value is -4.40. The molecule has 0 spiro atoms. The fourth-order valence-electron chi connectivity index (χ4n) is 5.79. The van der Waals surface area contributed by atoms with Crippen molar-refractivity contribution in [2.45, 2.75) is 111 Å².